The standard InChI is InChI=1S/C88H50N8/c1-3-19-70-67(17-1)68-37-38-72-81(82(68)96(70)88-93-85(65-43-59-33-25-51-13-7-14-52-26-34-60(44-65)79(59)75(51)52)90-86(94-88)66-45-61-35-27-53-15-8-16-54-28-36-62(46-66)80(61)76(53)54)69-18-2-4-20-71(69)95(72)87-91-83(63-39-55-29-21-47-9-5-10-48-22-30-56(40-63)77(55)73(47)48)89-84(92-87)64-41-57-31-23-49-11-6-12-50-24-32-58(42-64)78(57)74(49)50/h1-46,85,87H,(H,89,91,92)(H,90,93,94). The lowest BCUT2D eigenvalue weighted by Gasteiger charge is -2.26. The lowest BCUT2D eigenvalue weighted by molar-refractivity contribution is 0.516. The van der Waals surface area contributed by atoms with Crippen LogP contribution in [0.1, 0.15) is 34.7 Å². The molecular weight excluding hydrogens is 1170 g/mol. The van der Waals surface area contributed by atoms with Gasteiger partial charge >= 0.3 is 0 Å². The van der Waals surface area contributed by atoms with Crippen LogP contribution in [-0.4, -0.2) is 32.6 Å². The van der Waals surface area contributed by atoms with Gasteiger partial charge in [0.25, 0.3) is 0 Å². The van der Waals surface area contributed by atoms with Crippen molar-refractivity contribution in [3.8, 4) is 0 Å². The maximum atomic E-state index is 5.84. The number of para-hydroxylation sites is 2. The fourth-order valence-electron chi connectivity index (χ4n) is 17.3. The summed E-state index contributed by atoms with van der Waals surface area (Å²) in [6, 6.07) is 103. The normalized spacial score (nSPS) is 15.7. The predicted molar refractivity (Wildman–Crippen MR) is 404 cm³/mol. The molecule has 96 heavy (non-hydrogen) atoms. The third-order valence-corrected chi connectivity index (χ3v) is 21.4. The molecule has 0 saturated heterocycles. The Labute approximate surface area is 546 Å². The summed E-state index contributed by atoms with van der Waals surface area (Å²) in [4.78, 5) is 23.0. The first-order valence-electron chi connectivity index (χ1n) is 33.0. The van der Waals surface area contributed by atoms with Crippen LogP contribution in [-0.2, 0) is 0 Å². The minimum absolute atomic E-state index is 0.518. The van der Waals surface area contributed by atoms with E-state index in [1.165, 1.54) is 118 Å². The van der Waals surface area contributed by atoms with Crippen LogP contribution in [0.25, 0.3) is 173 Å². The molecule has 0 aliphatic carbocycles. The molecule has 0 bridgehead atoms. The number of aliphatic imine (C=N–C) groups is 4. The van der Waals surface area contributed by atoms with Gasteiger partial charge in [-0.15, -0.1) is 0 Å². The molecule has 0 radical (unpaired) electrons. The summed E-state index contributed by atoms with van der Waals surface area (Å²) in [6.45, 7) is 0. The van der Waals surface area contributed by atoms with Crippen molar-refractivity contribution in [2.24, 2.45) is 20.0 Å². The first-order chi connectivity index (χ1) is 47.5. The van der Waals surface area contributed by atoms with Crippen molar-refractivity contribution >= 4 is 196 Å². The Hall–Kier alpha value is -12.8. The Morgan fingerprint density at radius 3 is 1.12 bits per heavy atom. The zero-order valence-electron chi connectivity index (χ0n) is 51.4. The smallest absolute Gasteiger partial charge is 0.234 e. The Kier molecular flexibility index (Phi) is 9.79. The average molecular weight is 1220 g/mol. The van der Waals surface area contributed by atoms with Crippen molar-refractivity contribution in [1.29, 1.82) is 0 Å². The maximum absolute atomic E-state index is 5.84. The summed E-state index contributed by atoms with van der Waals surface area (Å²) in [6.07, 6.45) is -1.16. The number of hydrogen-bond acceptors (Lipinski definition) is 6. The quantitative estimate of drug-likeness (QED) is 0.168. The SMILES string of the molecule is c1cc2ccc3cc(C4=NC(n5c6ccccc6c6c7c(ccc65)c5ccccc5n7C5=NC(c6cc7ccc8cccc9ccc(c6)c7c89)NC(c6cc7ccc8cccc9ccc(c6)c7c89)=N5)NC(c5cc6ccc7cccc8ccc(c5)c6c78)=N4)cc4ccc(c1)c2c34. The fourth-order valence-corrected chi connectivity index (χ4v) is 17.3. The summed E-state index contributed by atoms with van der Waals surface area (Å²) >= 11 is 0. The molecule has 2 aromatic heterocycles. The molecule has 4 heterocycles. The molecule has 8 nitrogen and oxygen atoms in total. The van der Waals surface area contributed by atoms with Gasteiger partial charge in [-0.1, -0.05) is 212 Å². The van der Waals surface area contributed by atoms with Gasteiger partial charge in [0.1, 0.15) is 17.8 Å². The lowest BCUT2D eigenvalue weighted by Crippen LogP contribution is -2.36. The van der Waals surface area contributed by atoms with Crippen LogP contribution < -0.4 is 10.6 Å². The van der Waals surface area contributed by atoms with Crippen LogP contribution in [0.15, 0.2) is 299 Å². The second-order valence-corrected chi connectivity index (χ2v) is 26.5. The molecule has 0 amide bonds. The van der Waals surface area contributed by atoms with E-state index in [9.17, 15) is 0 Å². The molecule has 19 aromatic carbocycles. The highest BCUT2D eigenvalue weighted by Gasteiger charge is 2.31. The van der Waals surface area contributed by atoms with Crippen molar-refractivity contribution in [2.75, 3.05) is 0 Å². The largest absolute Gasteiger partial charge is 0.344 e. The average Bonchev–Trinajstić information content (AvgIpc) is 1.54. The zero-order chi connectivity index (χ0) is 62.2. The molecule has 2 unspecified atom stereocenters. The Morgan fingerprint density at radius 2 is 0.656 bits per heavy atom. The van der Waals surface area contributed by atoms with Crippen LogP contribution >= 0.6 is 0 Å². The predicted octanol–water partition coefficient (Wildman–Crippen LogP) is 21.4. The number of rotatable bonds is 5. The van der Waals surface area contributed by atoms with Crippen molar-refractivity contribution < 1.29 is 0 Å². The monoisotopic (exact) mass is 1220 g/mol. The Morgan fingerprint density at radius 1 is 0.271 bits per heavy atom. The van der Waals surface area contributed by atoms with Crippen LogP contribution in [0.3, 0.4) is 0 Å². The first kappa shape index (κ1) is 50.8. The number of fused-ring (bicyclic) bond motifs is 7. The minimum Gasteiger partial charge on any atom is -0.344 e. The molecule has 2 atom stereocenters. The fraction of sp³-hybridized carbons (Fsp3) is 0.0227. The van der Waals surface area contributed by atoms with E-state index in [1.807, 2.05) is 0 Å². The summed E-state index contributed by atoms with van der Waals surface area (Å²) in [5.41, 5.74) is 8.05. The second-order valence-electron chi connectivity index (χ2n) is 26.5. The van der Waals surface area contributed by atoms with E-state index in [4.69, 9.17) is 20.0 Å². The highest BCUT2D eigenvalue weighted by Crippen LogP contribution is 2.45. The third-order valence-electron chi connectivity index (χ3n) is 21.4. The van der Waals surface area contributed by atoms with E-state index >= 15 is 0 Å². The third kappa shape index (κ3) is 6.95. The number of benzene rings is 19. The highest BCUT2D eigenvalue weighted by atomic mass is 15.3. The molecule has 0 fully saturated rings. The topological polar surface area (TPSA) is 83.4 Å². The summed E-state index contributed by atoms with van der Waals surface area (Å²) in [5.74, 6) is 2.74. The highest BCUT2D eigenvalue weighted by molar-refractivity contribution is 6.32. The first-order valence-corrected chi connectivity index (χ1v) is 33.0. The minimum atomic E-state index is -0.639. The second kappa shape index (κ2) is 18.5. The molecule has 0 spiro atoms. The van der Waals surface area contributed by atoms with Gasteiger partial charge in [0.15, 0.2) is 5.84 Å². The number of amidine groups is 3. The van der Waals surface area contributed by atoms with Crippen LogP contribution in [0.2, 0.25) is 0 Å². The molecule has 8 heteroatoms. The van der Waals surface area contributed by atoms with E-state index in [0.29, 0.717) is 11.8 Å². The molecule has 2 N–H and O–H groups in total. The van der Waals surface area contributed by atoms with Gasteiger partial charge in [-0.2, -0.15) is 4.99 Å². The van der Waals surface area contributed by atoms with E-state index < -0.39 is 12.5 Å². The molecule has 2 aliphatic heterocycles. The summed E-state index contributed by atoms with van der Waals surface area (Å²) in [5, 5.41) is 41.8. The van der Waals surface area contributed by atoms with Crippen molar-refractivity contribution in [1.82, 2.24) is 19.8 Å². The molecule has 0 saturated carbocycles. The molecular formula is C88H50N8. The van der Waals surface area contributed by atoms with Gasteiger partial charge in [0.2, 0.25) is 12.2 Å². The van der Waals surface area contributed by atoms with Gasteiger partial charge in [-0.3, -0.25) is 4.57 Å². The molecule has 23 rings (SSSR count). The van der Waals surface area contributed by atoms with Gasteiger partial charge in [-0.25, -0.2) is 15.0 Å². The van der Waals surface area contributed by atoms with Crippen molar-refractivity contribution in [3.63, 3.8) is 0 Å². The van der Waals surface area contributed by atoms with E-state index in [1.54, 1.807) is 0 Å². The van der Waals surface area contributed by atoms with Gasteiger partial charge < -0.3 is 15.2 Å². The van der Waals surface area contributed by atoms with Gasteiger partial charge in [0.05, 0.1) is 22.1 Å². The number of nitrogens with zero attached hydrogens (tertiary/aromatic N) is 6. The van der Waals surface area contributed by atoms with E-state index in [2.05, 4.69) is 299 Å². The zero-order valence-corrected chi connectivity index (χ0v) is 51.4. The number of hydrogen-bond donors (Lipinski definition) is 2. The molecule has 442 valence electrons. The van der Waals surface area contributed by atoms with Gasteiger partial charge in [0, 0.05) is 38.2 Å². The maximum Gasteiger partial charge on any atom is 0.234 e. The Balaban J connectivity index is 0.761. The summed E-state index contributed by atoms with van der Waals surface area (Å²) < 4.78 is 4.74. The van der Waals surface area contributed by atoms with Crippen LogP contribution in [0.4, 0.5) is 0 Å². The Bertz CT molecular complexity index is 6910. The molecule has 21 aromatic rings. The van der Waals surface area contributed by atoms with Crippen molar-refractivity contribution in [3.05, 3.63) is 301 Å². The summed E-state index contributed by atoms with van der Waals surface area (Å²) in [7, 11) is 0. The van der Waals surface area contributed by atoms with E-state index in [0.717, 1.165) is 88.3 Å². The lowest BCUT2D eigenvalue weighted by atomic mass is 9.92. The number of nitrogens with one attached hydrogen (secondary N) is 2. The number of aromatic nitrogens is 2. The van der Waals surface area contributed by atoms with Gasteiger partial charge in [-0.05, 0) is 202 Å². The van der Waals surface area contributed by atoms with E-state index in [-0.39, 0.29) is 0 Å². The van der Waals surface area contributed by atoms with Crippen molar-refractivity contribution in [2.45, 2.75) is 12.5 Å². The molecule has 2 aliphatic rings. The van der Waals surface area contributed by atoms with Crippen LogP contribution in [0, 0.1) is 0 Å². The van der Waals surface area contributed by atoms with Crippen LogP contribution in [0.5, 0.6) is 0 Å².